The van der Waals surface area contributed by atoms with Gasteiger partial charge >= 0.3 is 11.9 Å². The number of anilines is 2. The van der Waals surface area contributed by atoms with Crippen molar-refractivity contribution in [2.24, 2.45) is 0 Å². The van der Waals surface area contributed by atoms with Gasteiger partial charge in [0.05, 0.1) is 24.0 Å². The van der Waals surface area contributed by atoms with E-state index in [1.54, 1.807) is 5.38 Å². The Morgan fingerprint density at radius 1 is 1.10 bits per heavy atom. The van der Waals surface area contributed by atoms with E-state index in [9.17, 15) is 24.0 Å². The van der Waals surface area contributed by atoms with Gasteiger partial charge < -0.3 is 14.8 Å². The first kappa shape index (κ1) is 21.0. The van der Waals surface area contributed by atoms with Gasteiger partial charge in [0, 0.05) is 12.8 Å². The summed E-state index contributed by atoms with van der Waals surface area (Å²) in [7, 11) is 1.23. The Kier molecular flexibility index (Phi) is 6.42. The first-order valence-electron chi connectivity index (χ1n) is 8.74. The van der Waals surface area contributed by atoms with Crippen molar-refractivity contribution in [2.45, 2.75) is 12.8 Å². The number of ether oxygens (including phenoxy) is 2. The maximum Gasteiger partial charge on any atom is 0.350 e. The van der Waals surface area contributed by atoms with E-state index < -0.39 is 24.5 Å². The molecule has 0 atom stereocenters. The molecule has 0 spiro atoms. The molecule has 0 bridgehead atoms. The molecule has 10 nitrogen and oxygen atoms in total. The fourth-order valence-corrected chi connectivity index (χ4v) is 3.36. The van der Waals surface area contributed by atoms with Crippen LogP contribution in [0.25, 0.3) is 0 Å². The molecule has 3 amide bonds. The van der Waals surface area contributed by atoms with Gasteiger partial charge in [-0.15, -0.1) is 11.3 Å². The first-order valence-corrected chi connectivity index (χ1v) is 9.62. The zero-order chi connectivity index (χ0) is 21.7. The Morgan fingerprint density at radius 2 is 1.83 bits per heavy atom. The third-order valence-corrected chi connectivity index (χ3v) is 4.95. The maximum atomic E-state index is 12.2. The summed E-state index contributed by atoms with van der Waals surface area (Å²) in [5, 5.41) is 5.22. The quantitative estimate of drug-likeness (QED) is 0.663. The molecule has 0 unspecified atom stereocenters. The maximum absolute atomic E-state index is 12.2. The van der Waals surface area contributed by atoms with Gasteiger partial charge in [-0.2, -0.15) is 0 Å². The van der Waals surface area contributed by atoms with Gasteiger partial charge in [0.15, 0.2) is 6.61 Å². The summed E-state index contributed by atoms with van der Waals surface area (Å²) in [5.41, 5.74) is 3.28. The molecule has 2 aromatic rings. The van der Waals surface area contributed by atoms with E-state index in [1.165, 1.54) is 37.4 Å². The molecule has 0 saturated carbocycles. The van der Waals surface area contributed by atoms with Crippen LogP contribution in [0.5, 0.6) is 0 Å². The average Bonchev–Trinajstić information content (AvgIpc) is 3.21. The number of hydrogen-bond acceptors (Lipinski definition) is 8. The lowest BCUT2D eigenvalue weighted by molar-refractivity contribution is -0.130. The van der Waals surface area contributed by atoms with Gasteiger partial charge in [-0.1, -0.05) is 0 Å². The Labute approximate surface area is 174 Å². The minimum Gasteiger partial charge on any atom is -0.465 e. The Balaban J connectivity index is 1.55. The monoisotopic (exact) mass is 431 g/mol. The van der Waals surface area contributed by atoms with E-state index in [0.29, 0.717) is 5.69 Å². The second-order valence-corrected chi connectivity index (χ2v) is 7.01. The average molecular weight is 431 g/mol. The number of rotatable bonds is 6. The van der Waals surface area contributed by atoms with Crippen LogP contribution >= 0.6 is 11.3 Å². The lowest BCUT2D eigenvalue weighted by Crippen LogP contribution is -2.50. The zero-order valence-electron chi connectivity index (χ0n) is 15.8. The third-order valence-electron chi connectivity index (χ3n) is 4.06. The van der Waals surface area contributed by atoms with Gasteiger partial charge in [-0.3, -0.25) is 19.8 Å². The van der Waals surface area contributed by atoms with Crippen LogP contribution in [-0.2, 0) is 23.9 Å². The predicted molar refractivity (Wildman–Crippen MR) is 106 cm³/mol. The second-order valence-electron chi connectivity index (χ2n) is 6.09. The van der Waals surface area contributed by atoms with Gasteiger partial charge in [0.25, 0.3) is 5.91 Å². The van der Waals surface area contributed by atoms with E-state index in [2.05, 4.69) is 15.5 Å². The van der Waals surface area contributed by atoms with Gasteiger partial charge in [-0.05, 0) is 35.7 Å². The van der Waals surface area contributed by atoms with Gasteiger partial charge in [0.2, 0.25) is 11.8 Å². The molecule has 1 aliphatic heterocycles. The van der Waals surface area contributed by atoms with Crippen molar-refractivity contribution in [3.63, 3.8) is 0 Å². The number of benzene rings is 1. The van der Waals surface area contributed by atoms with Gasteiger partial charge in [0.1, 0.15) is 4.88 Å². The molecular formula is C19H17N3O7S. The lowest BCUT2D eigenvalue weighted by Gasteiger charge is -2.27. The lowest BCUT2D eigenvalue weighted by atomic mass is 10.2. The van der Waals surface area contributed by atoms with E-state index in [-0.39, 0.29) is 40.8 Å². The van der Waals surface area contributed by atoms with Crippen LogP contribution in [0.1, 0.15) is 32.9 Å². The van der Waals surface area contributed by atoms with Crippen molar-refractivity contribution in [1.82, 2.24) is 5.43 Å². The van der Waals surface area contributed by atoms with Crippen LogP contribution in [0.15, 0.2) is 35.7 Å². The van der Waals surface area contributed by atoms with Crippen LogP contribution in [0.3, 0.4) is 0 Å². The number of carbonyl (C=O) groups excluding carboxylic acids is 5. The highest BCUT2D eigenvalue weighted by atomic mass is 32.1. The van der Waals surface area contributed by atoms with E-state index >= 15 is 0 Å². The van der Waals surface area contributed by atoms with Crippen LogP contribution in [0, 0.1) is 0 Å². The standard InChI is InChI=1S/C19H17N3O7S/c1-28-19(27)17-13(8-9-30-17)20-15(24)10-29-18(26)11-2-4-12(5-3-11)22-16(25)7-6-14(23)21-22/h2-5,8-9H,6-7,10H2,1H3,(H,20,24)(H,21,23). The number of methoxy groups -OCH3 is 1. The third kappa shape index (κ3) is 4.81. The van der Waals surface area contributed by atoms with Gasteiger partial charge in [-0.25, -0.2) is 14.6 Å². The van der Waals surface area contributed by atoms with Crippen LogP contribution in [0.4, 0.5) is 11.4 Å². The van der Waals surface area contributed by atoms with E-state index in [4.69, 9.17) is 4.74 Å². The summed E-state index contributed by atoms with van der Waals surface area (Å²) in [4.78, 5) is 59.4. The Hall–Kier alpha value is -3.73. The molecule has 1 fully saturated rings. The molecule has 1 aliphatic rings. The van der Waals surface area contributed by atoms with Crippen LogP contribution < -0.4 is 15.8 Å². The predicted octanol–water partition coefficient (Wildman–Crippen LogP) is 1.49. The Morgan fingerprint density at radius 3 is 2.53 bits per heavy atom. The molecule has 2 heterocycles. The smallest absolute Gasteiger partial charge is 0.350 e. The van der Waals surface area contributed by atoms with Crippen molar-refractivity contribution in [1.29, 1.82) is 0 Å². The summed E-state index contributed by atoms with van der Waals surface area (Å²) < 4.78 is 9.60. The summed E-state index contributed by atoms with van der Waals surface area (Å²) in [6.45, 7) is -0.558. The van der Waals surface area contributed by atoms with Crippen molar-refractivity contribution >= 4 is 52.4 Å². The molecule has 11 heteroatoms. The molecule has 2 N–H and O–H groups in total. The number of hydrazine groups is 1. The molecule has 1 saturated heterocycles. The fourth-order valence-electron chi connectivity index (χ4n) is 2.59. The largest absolute Gasteiger partial charge is 0.465 e. The summed E-state index contributed by atoms with van der Waals surface area (Å²) >= 11 is 1.11. The minimum absolute atomic E-state index is 0.104. The highest BCUT2D eigenvalue weighted by Gasteiger charge is 2.24. The van der Waals surface area contributed by atoms with Crippen LogP contribution in [-0.4, -0.2) is 43.4 Å². The normalized spacial score (nSPS) is 13.4. The molecule has 156 valence electrons. The Bertz CT molecular complexity index is 1000. The van der Waals surface area contributed by atoms with E-state index in [1.807, 2.05) is 0 Å². The van der Waals surface area contributed by atoms with Crippen molar-refractivity contribution < 1.29 is 33.4 Å². The number of thiophene rings is 1. The molecule has 0 radical (unpaired) electrons. The summed E-state index contributed by atoms with van der Waals surface area (Å²) in [5.74, 6) is -2.48. The molecular weight excluding hydrogens is 414 g/mol. The molecule has 0 aliphatic carbocycles. The van der Waals surface area contributed by atoms with Crippen molar-refractivity contribution in [3.8, 4) is 0 Å². The number of nitrogens with one attached hydrogen (secondary N) is 2. The number of esters is 2. The molecule has 1 aromatic carbocycles. The minimum atomic E-state index is -0.746. The highest BCUT2D eigenvalue weighted by molar-refractivity contribution is 7.12. The topological polar surface area (TPSA) is 131 Å². The fraction of sp³-hybridized carbons (Fsp3) is 0.211. The number of amides is 3. The SMILES string of the molecule is COC(=O)c1sccc1NC(=O)COC(=O)c1ccc(N2NC(=O)CCC2=O)cc1. The summed E-state index contributed by atoms with van der Waals surface area (Å²) in [6.07, 6.45) is 0.237. The number of hydrogen-bond donors (Lipinski definition) is 2. The zero-order valence-corrected chi connectivity index (χ0v) is 16.6. The first-order chi connectivity index (χ1) is 14.4. The van der Waals surface area contributed by atoms with Crippen molar-refractivity contribution in [3.05, 3.63) is 46.2 Å². The van der Waals surface area contributed by atoms with E-state index in [0.717, 1.165) is 16.3 Å². The number of nitrogens with zero attached hydrogens (tertiary/aromatic N) is 1. The number of carbonyl (C=O) groups is 5. The molecule has 30 heavy (non-hydrogen) atoms. The van der Waals surface area contributed by atoms with Crippen LogP contribution in [0.2, 0.25) is 0 Å². The summed E-state index contributed by atoms with van der Waals surface area (Å²) in [6, 6.07) is 7.33. The molecule has 1 aromatic heterocycles. The molecule has 3 rings (SSSR count). The highest BCUT2D eigenvalue weighted by Crippen LogP contribution is 2.23. The van der Waals surface area contributed by atoms with Crippen molar-refractivity contribution in [2.75, 3.05) is 24.0 Å². The second kappa shape index (κ2) is 9.18.